The Morgan fingerprint density at radius 1 is 0.500 bits per heavy atom. The summed E-state index contributed by atoms with van der Waals surface area (Å²) in [5, 5.41) is 0. The maximum absolute atomic E-state index is 13.5. The normalized spacial score (nSPS) is 15.4. The van der Waals surface area contributed by atoms with Crippen LogP contribution in [0.15, 0.2) is 0 Å². The lowest BCUT2D eigenvalue weighted by atomic mass is 9.74. The SMILES string of the molecule is COC(=O)C(C(=O)C(=O)C(C(=O)OC)[C@H](C(=O)OC(C)(C)C)C(C)C)[C@H](C(=O)OC(C)(C)C)C(C)C. The number of esters is 4. The van der Waals surface area contributed by atoms with E-state index in [0.717, 1.165) is 14.2 Å². The second kappa shape index (κ2) is 13.0. The lowest BCUT2D eigenvalue weighted by molar-refractivity contribution is -0.175. The van der Waals surface area contributed by atoms with Gasteiger partial charge in [-0.15, -0.1) is 0 Å². The lowest BCUT2D eigenvalue weighted by Crippen LogP contribution is -2.50. The molecule has 0 rings (SSSR count). The van der Waals surface area contributed by atoms with Gasteiger partial charge in [-0.25, -0.2) is 0 Å². The Balaban J connectivity index is 6.72. The smallest absolute Gasteiger partial charge is 0.317 e. The van der Waals surface area contributed by atoms with Crippen molar-refractivity contribution < 1.29 is 47.7 Å². The first-order valence-electron chi connectivity index (χ1n) is 11.9. The molecule has 206 valence electrons. The molecule has 2 unspecified atom stereocenters. The Bertz CT molecular complexity index is 772. The van der Waals surface area contributed by atoms with Crippen LogP contribution in [0.2, 0.25) is 0 Å². The summed E-state index contributed by atoms with van der Waals surface area (Å²) < 4.78 is 20.3. The van der Waals surface area contributed by atoms with Gasteiger partial charge in [-0.1, -0.05) is 27.7 Å². The van der Waals surface area contributed by atoms with E-state index in [-0.39, 0.29) is 0 Å². The van der Waals surface area contributed by atoms with Gasteiger partial charge in [0.15, 0.2) is 0 Å². The van der Waals surface area contributed by atoms with Crippen molar-refractivity contribution in [1.82, 2.24) is 0 Å². The topological polar surface area (TPSA) is 139 Å². The van der Waals surface area contributed by atoms with Crippen LogP contribution >= 0.6 is 0 Å². The van der Waals surface area contributed by atoms with E-state index in [1.54, 1.807) is 69.2 Å². The van der Waals surface area contributed by atoms with E-state index in [0.29, 0.717) is 0 Å². The number of carbonyl (C=O) groups excluding carboxylic acids is 6. The maximum Gasteiger partial charge on any atom is 0.317 e. The van der Waals surface area contributed by atoms with Gasteiger partial charge in [0.05, 0.1) is 26.1 Å². The van der Waals surface area contributed by atoms with Crippen molar-refractivity contribution in [2.45, 2.75) is 80.4 Å². The summed E-state index contributed by atoms with van der Waals surface area (Å²) in [6, 6.07) is 0. The van der Waals surface area contributed by atoms with E-state index >= 15 is 0 Å². The van der Waals surface area contributed by atoms with Gasteiger partial charge in [-0.05, 0) is 53.4 Å². The van der Waals surface area contributed by atoms with Gasteiger partial charge in [0.25, 0.3) is 0 Å². The van der Waals surface area contributed by atoms with E-state index in [4.69, 9.17) is 18.9 Å². The number of Topliss-reactive ketones (excluding diaryl/α,β-unsaturated/α-hetero) is 2. The molecule has 0 radical (unpaired) electrons. The molecule has 0 amide bonds. The minimum absolute atomic E-state index is 0.621. The standard InChI is InChI=1S/C26H42O10/c1-13(2)15(23(31)35-25(5,6)7)17(21(29)33-11)19(27)20(28)18(22(30)34-12)16(14(3)4)24(32)36-26(8,9)10/h13-18H,1-12H3/t15-,16-,17?,18?/m1/s1. The predicted octanol–water partition coefficient (Wildman–Crippen LogP) is 2.93. The van der Waals surface area contributed by atoms with Crippen LogP contribution in [0.4, 0.5) is 0 Å². The molecule has 0 saturated carbocycles. The van der Waals surface area contributed by atoms with Crippen molar-refractivity contribution in [3.63, 3.8) is 0 Å². The van der Waals surface area contributed by atoms with Gasteiger partial charge in [0.1, 0.15) is 23.0 Å². The molecule has 0 aromatic carbocycles. The highest BCUT2D eigenvalue weighted by Gasteiger charge is 2.52. The zero-order valence-electron chi connectivity index (χ0n) is 23.5. The molecule has 0 fully saturated rings. The molecular weight excluding hydrogens is 472 g/mol. The molecule has 10 heteroatoms. The monoisotopic (exact) mass is 514 g/mol. The minimum atomic E-state index is -1.89. The molecule has 0 N–H and O–H groups in total. The molecule has 0 saturated heterocycles. The van der Waals surface area contributed by atoms with Crippen LogP contribution in [0.25, 0.3) is 0 Å². The number of ketones is 2. The molecule has 0 aliphatic carbocycles. The van der Waals surface area contributed by atoms with E-state index in [9.17, 15) is 28.8 Å². The van der Waals surface area contributed by atoms with Crippen LogP contribution < -0.4 is 0 Å². The molecule has 0 aromatic heterocycles. The predicted molar refractivity (Wildman–Crippen MR) is 129 cm³/mol. The third-order valence-electron chi connectivity index (χ3n) is 5.23. The van der Waals surface area contributed by atoms with Crippen LogP contribution in [0.1, 0.15) is 69.2 Å². The largest absolute Gasteiger partial charge is 0.468 e. The van der Waals surface area contributed by atoms with E-state index < -0.39 is 82.2 Å². The van der Waals surface area contributed by atoms with Crippen molar-refractivity contribution in [2.24, 2.45) is 35.5 Å². The first-order valence-corrected chi connectivity index (χ1v) is 11.9. The highest BCUT2D eigenvalue weighted by atomic mass is 16.6. The van der Waals surface area contributed by atoms with Crippen LogP contribution in [-0.4, -0.2) is 60.9 Å². The van der Waals surface area contributed by atoms with E-state index in [1.165, 1.54) is 0 Å². The molecule has 0 aliphatic heterocycles. The van der Waals surface area contributed by atoms with Crippen molar-refractivity contribution in [3.8, 4) is 0 Å². The summed E-state index contributed by atoms with van der Waals surface area (Å²) in [5.74, 6) is -14.5. The van der Waals surface area contributed by atoms with Gasteiger partial charge in [-0.2, -0.15) is 0 Å². The van der Waals surface area contributed by atoms with Crippen LogP contribution in [-0.2, 0) is 47.7 Å². The van der Waals surface area contributed by atoms with Crippen molar-refractivity contribution in [2.75, 3.05) is 14.2 Å². The average molecular weight is 515 g/mol. The Hall–Kier alpha value is -2.78. The van der Waals surface area contributed by atoms with Crippen molar-refractivity contribution >= 4 is 35.4 Å². The number of rotatable bonds is 11. The van der Waals surface area contributed by atoms with Crippen molar-refractivity contribution in [1.29, 1.82) is 0 Å². The summed E-state index contributed by atoms with van der Waals surface area (Å²) in [4.78, 5) is 78.6. The van der Waals surface area contributed by atoms with Crippen LogP contribution in [0.3, 0.4) is 0 Å². The van der Waals surface area contributed by atoms with Gasteiger partial charge >= 0.3 is 23.9 Å². The fourth-order valence-corrected chi connectivity index (χ4v) is 3.72. The quantitative estimate of drug-likeness (QED) is 0.175. The molecule has 0 heterocycles. The van der Waals surface area contributed by atoms with Crippen LogP contribution in [0.5, 0.6) is 0 Å². The Labute approximate surface area is 213 Å². The van der Waals surface area contributed by atoms with Crippen LogP contribution in [0, 0.1) is 35.5 Å². The number of methoxy groups -OCH3 is 2. The molecule has 10 nitrogen and oxygen atoms in total. The molecular formula is C26H42O10. The zero-order chi connectivity index (χ0) is 28.8. The first kappa shape index (κ1) is 33.2. The highest BCUT2D eigenvalue weighted by molar-refractivity contribution is 6.45. The zero-order valence-corrected chi connectivity index (χ0v) is 23.5. The Morgan fingerprint density at radius 2 is 0.750 bits per heavy atom. The summed E-state index contributed by atoms with van der Waals surface area (Å²) >= 11 is 0. The summed E-state index contributed by atoms with van der Waals surface area (Å²) in [6.07, 6.45) is 0. The van der Waals surface area contributed by atoms with Gasteiger partial charge in [0.2, 0.25) is 11.6 Å². The first-order chi connectivity index (χ1) is 16.2. The molecule has 0 aliphatic rings. The summed E-state index contributed by atoms with van der Waals surface area (Å²) in [5.41, 5.74) is -1.88. The number of carbonyl (C=O) groups is 6. The van der Waals surface area contributed by atoms with Gasteiger partial charge in [-0.3, -0.25) is 28.8 Å². The number of ether oxygens (including phenoxy) is 4. The molecule has 36 heavy (non-hydrogen) atoms. The fourth-order valence-electron chi connectivity index (χ4n) is 3.72. The lowest BCUT2D eigenvalue weighted by Gasteiger charge is -2.31. The molecule has 0 bridgehead atoms. The second-order valence-electron chi connectivity index (χ2n) is 11.3. The maximum atomic E-state index is 13.5. The summed E-state index contributed by atoms with van der Waals surface area (Å²) in [7, 11) is 2.02. The van der Waals surface area contributed by atoms with Gasteiger partial charge < -0.3 is 18.9 Å². The average Bonchev–Trinajstić information content (AvgIpc) is 2.70. The molecule has 4 atom stereocenters. The van der Waals surface area contributed by atoms with E-state index in [1.807, 2.05) is 0 Å². The second-order valence-corrected chi connectivity index (χ2v) is 11.3. The summed E-state index contributed by atoms with van der Waals surface area (Å²) in [6.45, 7) is 16.0. The van der Waals surface area contributed by atoms with E-state index in [2.05, 4.69) is 0 Å². The minimum Gasteiger partial charge on any atom is -0.468 e. The fraction of sp³-hybridized carbons (Fsp3) is 0.769. The van der Waals surface area contributed by atoms with Crippen molar-refractivity contribution in [3.05, 3.63) is 0 Å². The molecule has 0 spiro atoms. The Kier molecular flexibility index (Phi) is 12.0. The third-order valence-corrected chi connectivity index (χ3v) is 5.23. The number of hydrogen-bond acceptors (Lipinski definition) is 10. The third kappa shape index (κ3) is 9.35. The van der Waals surface area contributed by atoms with Gasteiger partial charge in [0, 0.05) is 0 Å². The molecule has 0 aromatic rings. The Morgan fingerprint density at radius 3 is 0.917 bits per heavy atom. The highest BCUT2D eigenvalue weighted by Crippen LogP contribution is 2.32. The number of hydrogen-bond donors (Lipinski definition) is 0.